The number of nitrogens with one attached hydrogen (secondary N) is 1. The van der Waals surface area contributed by atoms with Crippen LogP contribution in [0.4, 0.5) is 0 Å². The first-order valence-corrected chi connectivity index (χ1v) is 8.82. The predicted molar refractivity (Wildman–Crippen MR) is 83.4 cm³/mol. The second-order valence-corrected chi connectivity index (χ2v) is 8.04. The number of amides is 1. The van der Waals surface area contributed by atoms with Crippen LogP contribution < -0.4 is 5.32 Å². The molecule has 22 heavy (non-hydrogen) atoms. The van der Waals surface area contributed by atoms with Crippen LogP contribution in [0.15, 0.2) is 10.6 Å². The molecular formula is C18H26N2O2. The monoisotopic (exact) mass is 302 g/mol. The molecule has 1 aromatic rings. The zero-order valence-electron chi connectivity index (χ0n) is 13.6. The van der Waals surface area contributed by atoms with E-state index >= 15 is 0 Å². The molecule has 4 aliphatic carbocycles. The second-order valence-electron chi connectivity index (χ2n) is 8.04. The van der Waals surface area contributed by atoms with Crippen LogP contribution in [0, 0.1) is 30.1 Å². The Bertz CT molecular complexity index is 542. The molecule has 0 unspecified atom stereocenters. The summed E-state index contributed by atoms with van der Waals surface area (Å²) in [5.74, 6) is 3.34. The highest BCUT2D eigenvalue weighted by molar-refractivity contribution is 5.92. The number of carbonyl (C=O) groups is 1. The van der Waals surface area contributed by atoms with Crippen molar-refractivity contribution < 1.29 is 9.32 Å². The number of nitrogens with zero attached hydrogens (tertiary/aromatic N) is 1. The fraction of sp³-hybridized carbons (Fsp3) is 0.778. The first kappa shape index (κ1) is 14.3. The maximum Gasteiger partial charge on any atom is 0.273 e. The minimum Gasteiger partial charge on any atom is -0.361 e. The summed E-state index contributed by atoms with van der Waals surface area (Å²) in [5, 5.41) is 7.15. The molecule has 120 valence electrons. The van der Waals surface area contributed by atoms with Crippen LogP contribution in [0.2, 0.25) is 0 Å². The molecule has 4 bridgehead atoms. The van der Waals surface area contributed by atoms with Crippen molar-refractivity contribution in [1.29, 1.82) is 0 Å². The lowest BCUT2D eigenvalue weighted by molar-refractivity contribution is -0.0727. The van der Waals surface area contributed by atoms with Gasteiger partial charge in [0.15, 0.2) is 5.69 Å². The fourth-order valence-electron chi connectivity index (χ4n) is 6.00. The van der Waals surface area contributed by atoms with E-state index in [1.54, 1.807) is 6.07 Å². The van der Waals surface area contributed by atoms with E-state index in [9.17, 15) is 4.79 Å². The summed E-state index contributed by atoms with van der Waals surface area (Å²) >= 11 is 0. The quantitative estimate of drug-likeness (QED) is 0.922. The van der Waals surface area contributed by atoms with Gasteiger partial charge in [-0.2, -0.15) is 0 Å². The number of hydrogen-bond donors (Lipinski definition) is 1. The molecule has 0 aliphatic heterocycles. The Balaban J connectivity index is 1.53. The minimum atomic E-state index is -0.0700. The SMILES string of the molecule is CC[C@H](NC(=O)c1cc(C)on1)C12CC3CC(CC(C3)C1)C2. The van der Waals surface area contributed by atoms with Crippen LogP contribution in [-0.4, -0.2) is 17.1 Å². The van der Waals surface area contributed by atoms with Crippen molar-refractivity contribution in [2.24, 2.45) is 23.2 Å². The van der Waals surface area contributed by atoms with E-state index in [-0.39, 0.29) is 11.9 Å². The summed E-state index contributed by atoms with van der Waals surface area (Å²) in [6, 6.07) is 2.01. The number of aryl methyl sites for hydroxylation is 1. The van der Waals surface area contributed by atoms with Crippen molar-refractivity contribution >= 4 is 5.91 Å². The molecule has 5 rings (SSSR count). The van der Waals surface area contributed by atoms with E-state index in [1.807, 2.05) is 6.92 Å². The van der Waals surface area contributed by atoms with Gasteiger partial charge < -0.3 is 9.84 Å². The van der Waals surface area contributed by atoms with E-state index in [4.69, 9.17) is 4.52 Å². The van der Waals surface area contributed by atoms with E-state index in [0.29, 0.717) is 16.9 Å². The van der Waals surface area contributed by atoms with E-state index in [0.717, 1.165) is 24.2 Å². The smallest absolute Gasteiger partial charge is 0.273 e. The van der Waals surface area contributed by atoms with Crippen molar-refractivity contribution in [1.82, 2.24) is 10.5 Å². The Morgan fingerprint density at radius 3 is 2.36 bits per heavy atom. The minimum absolute atomic E-state index is 0.0700. The van der Waals surface area contributed by atoms with Gasteiger partial charge in [0.1, 0.15) is 5.76 Å². The zero-order chi connectivity index (χ0) is 15.3. The third-order valence-corrected chi connectivity index (χ3v) is 6.40. The Labute approximate surface area is 132 Å². The first-order valence-electron chi connectivity index (χ1n) is 8.82. The van der Waals surface area contributed by atoms with Crippen molar-refractivity contribution in [2.45, 2.75) is 64.8 Å². The topological polar surface area (TPSA) is 55.1 Å². The van der Waals surface area contributed by atoms with Crippen LogP contribution in [-0.2, 0) is 0 Å². The summed E-state index contributed by atoms with van der Waals surface area (Å²) in [6.07, 6.45) is 9.26. The number of hydrogen-bond acceptors (Lipinski definition) is 3. The number of carbonyl (C=O) groups excluding carboxylic acids is 1. The average Bonchev–Trinajstić information content (AvgIpc) is 2.89. The standard InChI is InChI=1S/C18H26N2O2/c1-3-16(19-17(21)15-4-11(2)22-20-15)18-8-12-5-13(9-18)7-14(6-12)10-18/h4,12-14,16H,3,5-10H2,1-2H3,(H,19,21)/t12?,13?,14?,16-,18?/m0/s1. The number of aromatic nitrogens is 1. The molecule has 4 heteroatoms. The Hall–Kier alpha value is -1.32. The first-order chi connectivity index (χ1) is 10.6. The van der Waals surface area contributed by atoms with Crippen LogP contribution in [0.3, 0.4) is 0 Å². The molecular weight excluding hydrogens is 276 g/mol. The van der Waals surface area contributed by atoms with Crippen LogP contribution in [0.25, 0.3) is 0 Å². The highest BCUT2D eigenvalue weighted by Gasteiger charge is 2.54. The maximum atomic E-state index is 12.5. The Kier molecular flexibility index (Phi) is 3.31. The Morgan fingerprint density at radius 1 is 1.32 bits per heavy atom. The van der Waals surface area contributed by atoms with Gasteiger partial charge in [-0.25, -0.2) is 0 Å². The Morgan fingerprint density at radius 2 is 1.91 bits per heavy atom. The van der Waals surface area contributed by atoms with Gasteiger partial charge in [-0.3, -0.25) is 4.79 Å². The maximum absolute atomic E-state index is 12.5. The van der Waals surface area contributed by atoms with Crippen molar-refractivity contribution in [3.8, 4) is 0 Å². The third-order valence-electron chi connectivity index (χ3n) is 6.40. The van der Waals surface area contributed by atoms with Gasteiger partial charge in [-0.15, -0.1) is 0 Å². The molecule has 0 saturated heterocycles. The molecule has 4 aliphatic rings. The van der Waals surface area contributed by atoms with Gasteiger partial charge >= 0.3 is 0 Å². The van der Waals surface area contributed by atoms with E-state index in [2.05, 4.69) is 17.4 Å². The van der Waals surface area contributed by atoms with E-state index in [1.165, 1.54) is 38.5 Å². The summed E-state index contributed by atoms with van der Waals surface area (Å²) < 4.78 is 5.04. The largest absolute Gasteiger partial charge is 0.361 e. The lowest BCUT2D eigenvalue weighted by atomic mass is 9.47. The van der Waals surface area contributed by atoms with Gasteiger partial charge in [0.2, 0.25) is 0 Å². The van der Waals surface area contributed by atoms with Gasteiger partial charge in [0.25, 0.3) is 5.91 Å². The van der Waals surface area contributed by atoms with Gasteiger partial charge in [-0.05, 0) is 75.0 Å². The normalized spacial score (nSPS) is 37.3. The second kappa shape index (κ2) is 5.10. The van der Waals surface area contributed by atoms with Crippen LogP contribution in [0.1, 0.15) is 68.1 Å². The molecule has 1 atom stereocenters. The highest BCUT2D eigenvalue weighted by Crippen LogP contribution is 2.61. The summed E-state index contributed by atoms with van der Waals surface area (Å²) in [4.78, 5) is 12.5. The molecule has 0 radical (unpaired) electrons. The van der Waals surface area contributed by atoms with Crippen molar-refractivity contribution in [3.05, 3.63) is 17.5 Å². The lowest BCUT2D eigenvalue weighted by Crippen LogP contribution is -2.56. The van der Waals surface area contributed by atoms with Gasteiger partial charge in [0, 0.05) is 12.1 Å². The molecule has 4 fully saturated rings. The molecule has 0 spiro atoms. The van der Waals surface area contributed by atoms with E-state index < -0.39 is 0 Å². The molecule has 4 nitrogen and oxygen atoms in total. The van der Waals surface area contributed by atoms with Crippen LogP contribution in [0.5, 0.6) is 0 Å². The molecule has 1 heterocycles. The molecule has 1 N–H and O–H groups in total. The van der Waals surface area contributed by atoms with Gasteiger partial charge in [0.05, 0.1) is 0 Å². The number of rotatable bonds is 4. The fourth-order valence-corrected chi connectivity index (χ4v) is 6.00. The summed E-state index contributed by atoms with van der Waals surface area (Å²) in [5.41, 5.74) is 0.762. The van der Waals surface area contributed by atoms with Crippen LogP contribution >= 0.6 is 0 Å². The molecule has 0 aromatic carbocycles. The van der Waals surface area contributed by atoms with Crippen molar-refractivity contribution in [2.75, 3.05) is 0 Å². The third kappa shape index (κ3) is 2.27. The molecule has 1 aromatic heterocycles. The lowest BCUT2D eigenvalue weighted by Gasteiger charge is -2.59. The predicted octanol–water partition coefficient (Wildman–Crippen LogP) is 3.71. The van der Waals surface area contributed by atoms with Crippen molar-refractivity contribution in [3.63, 3.8) is 0 Å². The highest BCUT2D eigenvalue weighted by atomic mass is 16.5. The van der Waals surface area contributed by atoms with Gasteiger partial charge in [-0.1, -0.05) is 12.1 Å². The zero-order valence-corrected chi connectivity index (χ0v) is 13.6. The average molecular weight is 302 g/mol. The molecule has 1 amide bonds. The molecule has 4 saturated carbocycles. The summed E-state index contributed by atoms with van der Waals surface area (Å²) in [7, 11) is 0. The summed E-state index contributed by atoms with van der Waals surface area (Å²) in [6.45, 7) is 4.03.